The van der Waals surface area contributed by atoms with Crippen molar-refractivity contribution < 1.29 is 12.8 Å². The van der Waals surface area contributed by atoms with Crippen molar-refractivity contribution in [2.24, 2.45) is 5.14 Å². The number of nitrogens with zero attached hydrogens (tertiary/aromatic N) is 1. The average Bonchev–Trinajstić information content (AvgIpc) is 2.36. The summed E-state index contributed by atoms with van der Waals surface area (Å²) in [5.41, 5.74) is 1.83. The van der Waals surface area contributed by atoms with Gasteiger partial charge in [-0.2, -0.15) is 0 Å². The fourth-order valence-corrected chi connectivity index (χ4v) is 2.23. The minimum atomic E-state index is -3.89. The molecule has 3 N–H and O–H groups in total. The van der Waals surface area contributed by atoms with Gasteiger partial charge in [0.05, 0.1) is 22.8 Å². The van der Waals surface area contributed by atoms with Crippen molar-refractivity contribution in [3.8, 4) is 0 Å². The number of rotatable bonds is 4. The molecule has 0 saturated heterocycles. The van der Waals surface area contributed by atoms with Crippen molar-refractivity contribution >= 4 is 15.7 Å². The van der Waals surface area contributed by atoms with Gasteiger partial charge in [0.2, 0.25) is 10.0 Å². The van der Waals surface area contributed by atoms with Crippen LogP contribution >= 0.6 is 0 Å². The topological polar surface area (TPSA) is 85.1 Å². The van der Waals surface area contributed by atoms with Gasteiger partial charge in [-0.1, -0.05) is 6.07 Å². The first-order chi connectivity index (χ1) is 9.36. The van der Waals surface area contributed by atoms with Crippen LogP contribution in [0.3, 0.4) is 0 Å². The summed E-state index contributed by atoms with van der Waals surface area (Å²) < 4.78 is 35.9. The van der Waals surface area contributed by atoms with Crippen LogP contribution in [-0.2, 0) is 16.6 Å². The maximum Gasteiger partial charge on any atom is 0.238 e. The van der Waals surface area contributed by atoms with Gasteiger partial charge < -0.3 is 5.32 Å². The highest BCUT2D eigenvalue weighted by Crippen LogP contribution is 2.18. The average molecular weight is 295 g/mol. The van der Waals surface area contributed by atoms with E-state index in [0.717, 1.165) is 17.5 Å². The van der Waals surface area contributed by atoms with E-state index in [1.165, 1.54) is 12.1 Å². The summed E-state index contributed by atoms with van der Waals surface area (Å²) >= 11 is 0. The molecule has 0 unspecified atom stereocenters. The van der Waals surface area contributed by atoms with Crippen LogP contribution in [0, 0.1) is 12.7 Å². The second-order valence-corrected chi connectivity index (χ2v) is 5.87. The quantitative estimate of drug-likeness (QED) is 0.900. The van der Waals surface area contributed by atoms with E-state index in [9.17, 15) is 12.8 Å². The smallest absolute Gasteiger partial charge is 0.238 e. The first kappa shape index (κ1) is 14.4. The van der Waals surface area contributed by atoms with Crippen LogP contribution in [0.2, 0.25) is 0 Å². The highest BCUT2D eigenvalue weighted by atomic mass is 32.2. The Hall–Kier alpha value is -1.99. The molecule has 20 heavy (non-hydrogen) atoms. The molecule has 0 aliphatic heterocycles. The number of halogens is 1. The number of primary sulfonamides is 1. The molecule has 1 aromatic carbocycles. The summed E-state index contributed by atoms with van der Waals surface area (Å²) in [6.45, 7) is 2.21. The second kappa shape index (κ2) is 5.56. The third kappa shape index (κ3) is 3.52. The predicted molar refractivity (Wildman–Crippen MR) is 74.1 cm³/mol. The van der Waals surface area contributed by atoms with E-state index in [1.54, 1.807) is 0 Å². The standard InChI is InChI=1S/C13H14FN3O2S/c1-9-3-2-4-10(17-9)8-16-13-6-5-11(7-12(13)14)20(15,18)19/h2-7,16H,8H2,1H3,(H2,15,18,19). The lowest BCUT2D eigenvalue weighted by Crippen LogP contribution is -2.13. The molecule has 0 fully saturated rings. The molecule has 0 aliphatic rings. The van der Waals surface area contributed by atoms with E-state index in [4.69, 9.17) is 5.14 Å². The number of sulfonamides is 1. The fraction of sp³-hybridized carbons (Fsp3) is 0.154. The van der Waals surface area contributed by atoms with Gasteiger partial charge in [0.1, 0.15) is 5.82 Å². The van der Waals surface area contributed by atoms with Crippen molar-refractivity contribution in [2.75, 3.05) is 5.32 Å². The summed E-state index contributed by atoms with van der Waals surface area (Å²) in [5, 5.41) is 7.79. The normalized spacial score (nSPS) is 11.3. The molecule has 5 nitrogen and oxygen atoms in total. The minimum Gasteiger partial charge on any atom is -0.377 e. The molecule has 7 heteroatoms. The van der Waals surface area contributed by atoms with Crippen molar-refractivity contribution in [3.05, 3.63) is 53.6 Å². The number of benzene rings is 1. The minimum absolute atomic E-state index is 0.195. The van der Waals surface area contributed by atoms with Gasteiger partial charge in [-0.15, -0.1) is 0 Å². The molecule has 0 saturated carbocycles. The Bertz CT molecular complexity index is 732. The Morgan fingerprint density at radius 2 is 2.05 bits per heavy atom. The molecule has 0 atom stereocenters. The maximum atomic E-state index is 13.8. The molecule has 1 heterocycles. The van der Waals surface area contributed by atoms with Crippen molar-refractivity contribution in [1.29, 1.82) is 0 Å². The van der Waals surface area contributed by atoms with Crippen LogP contribution in [0.1, 0.15) is 11.4 Å². The molecule has 0 spiro atoms. The molecule has 2 aromatic rings. The molecule has 0 bridgehead atoms. The predicted octanol–water partition coefficient (Wildman–Crippen LogP) is 1.79. The number of nitrogens with one attached hydrogen (secondary N) is 1. The van der Waals surface area contributed by atoms with E-state index in [2.05, 4.69) is 10.3 Å². The summed E-state index contributed by atoms with van der Waals surface area (Å²) in [5.74, 6) is -0.677. The van der Waals surface area contributed by atoms with E-state index < -0.39 is 15.8 Å². The van der Waals surface area contributed by atoms with Crippen LogP contribution in [0.15, 0.2) is 41.3 Å². The van der Waals surface area contributed by atoms with Crippen molar-refractivity contribution in [3.63, 3.8) is 0 Å². The first-order valence-corrected chi connectivity index (χ1v) is 7.39. The molecule has 0 aliphatic carbocycles. The zero-order chi connectivity index (χ0) is 14.8. The van der Waals surface area contributed by atoms with E-state index in [-0.39, 0.29) is 10.6 Å². The Morgan fingerprint density at radius 3 is 2.65 bits per heavy atom. The second-order valence-electron chi connectivity index (χ2n) is 4.31. The Kier molecular flexibility index (Phi) is 4.01. The van der Waals surface area contributed by atoms with E-state index in [0.29, 0.717) is 6.54 Å². The lowest BCUT2D eigenvalue weighted by molar-refractivity contribution is 0.593. The van der Waals surface area contributed by atoms with Crippen LogP contribution in [0.4, 0.5) is 10.1 Å². The lowest BCUT2D eigenvalue weighted by atomic mass is 10.2. The molecule has 2 rings (SSSR count). The van der Waals surface area contributed by atoms with Crippen molar-refractivity contribution in [2.45, 2.75) is 18.4 Å². The number of aromatic nitrogens is 1. The van der Waals surface area contributed by atoms with Gasteiger partial charge in [-0.3, -0.25) is 4.98 Å². The van der Waals surface area contributed by atoms with Gasteiger partial charge in [-0.05, 0) is 37.3 Å². The van der Waals surface area contributed by atoms with Gasteiger partial charge in [0, 0.05) is 5.69 Å². The van der Waals surface area contributed by atoms with Crippen LogP contribution < -0.4 is 10.5 Å². The van der Waals surface area contributed by atoms with E-state index in [1.807, 2.05) is 25.1 Å². The third-order valence-corrected chi connectivity index (χ3v) is 3.59. The van der Waals surface area contributed by atoms with Gasteiger partial charge in [0.15, 0.2) is 0 Å². The van der Waals surface area contributed by atoms with Crippen LogP contribution in [0.5, 0.6) is 0 Å². The number of hydrogen-bond donors (Lipinski definition) is 2. The van der Waals surface area contributed by atoms with Crippen LogP contribution in [0.25, 0.3) is 0 Å². The number of anilines is 1. The fourth-order valence-electron chi connectivity index (χ4n) is 1.70. The molecule has 0 amide bonds. The van der Waals surface area contributed by atoms with Gasteiger partial charge in [0.25, 0.3) is 0 Å². The Morgan fingerprint density at radius 1 is 1.30 bits per heavy atom. The summed E-state index contributed by atoms with van der Waals surface area (Å²) in [7, 11) is -3.89. The summed E-state index contributed by atoms with van der Waals surface area (Å²) in [4.78, 5) is 4.02. The lowest BCUT2D eigenvalue weighted by Gasteiger charge is -2.08. The van der Waals surface area contributed by atoms with E-state index >= 15 is 0 Å². The number of pyridine rings is 1. The number of nitrogens with two attached hydrogens (primary N) is 1. The van der Waals surface area contributed by atoms with Crippen molar-refractivity contribution in [1.82, 2.24) is 4.98 Å². The summed E-state index contributed by atoms with van der Waals surface area (Å²) in [6, 6.07) is 9.03. The highest BCUT2D eigenvalue weighted by molar-refractivity contribution is 7.89. The largest absolute Gasteiger partial charge is 0.377 e. The summed E-state index contributed by atoms with van der Waals surface area (Å²) in [6.07, 6.45) is 0. The Balaban J connectivity index is 2.15. The maximum absolute atomic E-state index is 13.8. The number of hydrogen-bond acceptors (Lipinski definition) is 4. The van der Waals surface area contributed by atoms with Gasteiger partial charge in [-0.25, -0.2) is 17.9 Å². The zero-order valence-electron chi connectivity index (χ0n) is 10.8. The highest BCUT2D eigenvalue weighted by Gasteiger charge is 2.11. The third-order valence-electron chi connectivity index (χ3n) is 2.68. The molecule has 0 radical (unpaired) electrons. The Labute approximate surface area is 116 Å². The molecule has 106 valence electrons. The first-order valence-electron chi connectivity index (χ1n) is 5.85. The molecular formula is C13H14FN3O2S. The van der Waals surface area contributed by atoms with Gasteiger partial charge >= 0.3 is 0 Å². The molecule has 1 aromatic heterocycles. The zero-order valence-corrected chi connectivity index (χ0v) is 11.6. The van der Waals surface area contributed by atoms with Crippen LogP contribution in [-0.4, -0.2) is 13.4 Å². The molecular weight excluding hydrogens is 281 g/mol. The number of aryl methyl sites for hydroxylation is 1. The monoisotopic (exact) mass is 295 g/mol. The SMILES string of the molecule is Cc1cccc(CNc2ccc(S(N)(=O)=O)cc2F)n1.